The fourth-order valence-corrected chi connectivity index (χ4v) is 5.59. The van der Waals surface area contributed by atoms with E-state index in [1.165, 1.54) is 12.1 Å². The molecular formula is C28H26F3N3O3S. The van der Waals surface area contributed by atoms with Crippen molar-refractivity contribution in [1.82, 2.24) is 5.32 Å². The number of thioether (sulfide) groups is 1. The number of benzene rings is 2. The van der Waals surface area contributed by atoms with Crippen LogP contribution in [0.1, 0.15) is 43.7 Å². The normalized spacial score (nSPS) is 18.9. The van der Waals surface area contributed by atoms with Crippen LogP contribution in [0.4, 0.5) is 18.9 Å². The molecule has 4 rings (SSSR count). The highest BCUT2D eigenvalue weighted by atomic mass is 32.2. The molecule has 0 bridgehead atoms. The van der Waals surface area contributed by atoms with Gasteiger partial charge in [0.1, 0.15) is 5.75 Å². The van der Waals surface area contributed by atoms with E-state index in [-0.39, 0.29) is 22.6 Å². The molecule has 2 N–H and O–H groups in total. The fourth-order valence-electron chi connectivity index (χ4n) is 4.73. The highest BCUT2D eigenvalue weighted by molar-refractivity contribution is 8.03. The standard InChI is InChI=1S/C28H26F3N3O3S/c1-27(2)12-21-25(22(35)13-27)24(16-7-9-19(37-3)10-8-16)20(14-32)26(34-21)38-15-23(36)33-18-6-4-5-17(11-18)28(29,30)31/h4-11,24,34H,12-13,15H2,1-3H3,(H,33,36). The molecule has 1 aliphatic heterocycles. The summed E-state index contributed by atoms with van der Waals surface area (Å²) in [6.07, 6.45) is -3.60. The third-order valence-corrected chi connectivity index (χ3v) is 7.41. The number of dihydropyridines is 1. The van der Waals surface area contributed by atoms with Gasteiger partial charge >= 0.3 is 6.18 Å². The van der Waals surface area contributed by atoms with Crippen molar-refractivity contribution >= 4 is 29.1 Å². The summed E-state index contributed by atoms with van der Waals surface area (Å²) >= 11 is 1.07. The summed E-state index contributed by atoms with van der Waals surface area (Å²) in [6, 6.07) is 13.8. The van der Waals surface area contributed by atoms with Crippen LogP contribution < -0.4 is 15.4 Å². The monoisotopic (exact) mass is 541 g/mol. The summed E-state index contributed by atoms with van der Waals surface area (Å²) in [5.74, 6) is -0.694. The second-order valence-corrected chi connectivity index (χ2v) is 10.9. The Morgan fingerprint density at radius 1 is 1.21 bits per heavy atom. The first kappa shape index (κ1) is 27.3. The quantitative estimate of drug-likeness (QED) is 0.456. The summed E-state index contributed by atoms with van der Waals surface area (Å²) in [5.41, 5.74) is 1.19. The van der Waals surface area contributed by atoms with Gasteiger partial charge in [0.05, 0.1) is 41.0 Å². The van der Waals surface area contributed by atoms with Gasteiger partial charge in [0.25, 0.3) is 0 Å². The number of halogens is 3. The number of ether oxygens (including phenoxy) is 1. The minimum absolute atomic E-state index is 0.0252. The molecule has 0 spiro atoms. The van der Waals surface area contributed by atoms with E-state index in [1.807, 2.05) is 26.0 Å². The van der Waals surface area contributed by atoms with Crippen molar-refractivity contribution in [3.8, 4) is 11.8 Å². The molecule has 1 heterocycles. The van der Waals surface area contributed by atoms with E-state index in [9.17, 15) is 28.0 Å². The van der Waals surface area contributed by atoms with Gasteiger partial charge in [-0.1, -0.05) is 43.8 Å². The smallest absolute Gasteiger partial charge is 0.416 e. The number of hydrogen-bond acceptors (Lipinski definition) is 6. The van der Waals surface area contributed by atoms with Crippen molar-refractivity contribution in [1.29, 1.82) is 5.26 Å². The van der Waals surface area contributed by atoms with Gasteiger partial charge in [-0.05, 0) is 47.7 Å². The highest BCUT2D eigenvalue weighted by Crippen LogP contribution is 2.48. The van der Waals surface area contributed by atoms with Crippen LogP contribution in [0.3, 0.4) is 0 Å². The van der Waals surface area contributed by atoms with Crippen LogP contribution in [0.25, 0.3) is 0 Å². The number of nitriles is 1. The van der Waals surface area contributed by atoms with E-state index in [1.54, 1.807) is 19.2 Å². The predicted octanol–water partition coefficient (Wildman–Crippen LogP) is 6.15. The Kier molecular flexibility index (Phi) is 7.61. The highest BCUT2D eigenvalue weighted by Gasteiger charge is 2.42. The van der Waals surface area contributed by atoms with Crippen LogP contribution >= 0.6 is 11.8 Å². The van der Waals surface area contributed by atoms with Gasteiger partial charge in [-0.15, -0.1) is 0 Å². The molecule has 2 aromatic carbocycles. The van der Waals surface area contributed by atoms with Crippen molar-refractivity contribution in [2.45, 2.75) is 38.8 Å². The van der Waals surface area contributed by atoms with Gasteiger partial charge in [0.2, 0.25) is 5.91 Å². The molecule has 38 heavy (non-hydrogen) atoms. The second-order valence-electron chi connectivity index (χ2n) is 9.93. The predicted molar refractivity (Wildman–Crippen MR) is 139 cm³/mol. The molecule has 0 saturated carbocycles. The van der Waals surface area contributed by atoms with Crippen molar-refractivity contribution < 1.29 is 27.5 Å². The summed E-state index contributed by atoms with van der Waals surface area (Å²) in [7, 11) is 1.55. The van der Waals surface area contributed by atoms with Gasteiger partial charge in [-0.25, -0.2) is 0 Å². The number of nitrogens with zero attached hydrogens (tertiary/aromatic N) is 1. The van der Waals surface area contributed by atoms with E-state index >= 15 is 0 Å². The lowest BCUT2D eigenvalue weighted by Gasteiger charge is -2.39. The molecule has 6 nitrogen and oxygen atoms in total. The number of carbonyl (C=O) groups is 2. The Bertz CT molecular complexity index is 1370. The Morgan fingerprint density at radius 3 is 2.55 bits per heavy atom. The molecule has 1 amide bonds. The number of amides is 1. The minimum atomic E-state index is -4.53. The van der Waals surface area contributed by atoms with Gasteiger partial charge in [-0.3, -0.25) is 9.59 Å². The first-order valence-electron chi connectivity index (χ1n) is 11.8. The van der Waals surface area contributed by atoms with Crippen LogP contribution in [0.15, 0.2) is 70.4 Å². The first-order chi connectivity index (χ1) is 17.9. The third-order valence-electron chi connectivity index (χ3n) is 6.40. The minimum Gasteiger partial charge on any atom is -0.497 e. The number of anilines is 1. The SMILES string of the molecule is COc1ccc(C2C(C#N)=C(SCC(=O)Nc3cccc(C(F)(F)F)c3)NC3=C2C(=O)CC(C)(C)C3)cc1. The average molecular weight is 542 g/mol. The van der Waals surface area contributed by atoms with E-state index in [4.69, 9.17) is 4.74 Å². The van der Waals surface area contributed by atoms with Crippen LogP contribution in [0.5, 0.6) is 5.75 Å². The molecule has 0 radical (unpaired) electrons. The van der Waals surface area contributed by atoms with Crippen molar-refractivity contribution in [2.24, 2.45) is 5.41 Å². The lowest BCUT2D eigenvalue weighted by atomic mass is 9.69. The van der Waals surface area contributed by atoms with Gasteiger partial charge in [0.15, 0.2) is 5.78 Å². The molecule has 2 aliphatic rings. The Labute approximate surface area is 222 Å². The maximum absolute atomic E-state index is 13.3. The van der Waals surface area contributed by atoms with Gasteiger partial charge in [0, 0.05) is 23.4 Å². The Hall–Kier alpha value is -3.71. The molecule has 10 heteroatoms. The molecule has 198 valence electrons. The number of hydrogen-bond donors (Lipinski definition) is 2. The first-order valence-corrected chi connectivity index (χ1v) is 12.8. The summed E-state index contributed by atoms with van der Waals surface area (Å²) in [4.78, 5) is 25.9. The lowest BCUT2D eigenvalue weighted by molar-refractivity contribution is -0.137. The second kappa shape index (κ2) is 10.6. The Balaban J connectivity index is 1.62. The van der Waals surface area contributed by atoms with Crippen LogP contribution in [0, 0.1) is 16.7 Å². The number of rotatable bonds is 6. The van der Waals surface area contributed by atoms with Crippen molar-refractivity contribution in [3.63, 3.8) is 0 Å². The molecule has 1 aliphatic carbocycles. The number of nitrogens with one attached hydrogen (secondary N) is 2. The zero-order valence-electron chi connectivity index (χ0n) is 21.0. The fraction of sp³-hybridized carbons (Fsp3) is 0.321. The summed E-state index contributed by atoms with van der Waals surface area (Å²) in [5, 5.41) is 16.3. The van der Waals surface area contributed by atoms with Crippen LogP contribution in [-0.2, 0) is 15.8 Å². The number of methoxy groups -OCH3 is 1. The molecular weight excluding hydrogens is 515 g/mol. The summed E-state index contributed by atoms with van der Waals surface area (Å²) < 4.78 is 44.3. The van der Waals surface area contributed by atoms with Crippen molar-refractivity contribution in [2.75, 3.05) is 18.2 Å². The number of Topliss-reactive ketones (excluding diaryl/α,β-unsaturated/α-hetero) is 1. The molecule has 0 saturated heterocycles. The zero-order chi connectivity index (χ0) is 27.7. The van der Waals surface area contributed by atoms with Crippen LogP contribution in [0.2, 0.25) is 0 Å². The van der Waals surface area contributed by atoms with E-state index in [0.29, 0.717) is 40.5 Å². The average Bonchev–Trinajstić information content (AvgIpc) is 2.85. The Morgan fingerprint density at radius 2 is 1.92 bits per heavy atom. The molecule has 1 unspecified atom stereocenters. The van der Waals surface area contributed by atoms with E-state index in [0.717, 1.165) is 29.5 Å². The third kappa shape index (κ3) is 5.89. The number of allylic oxidation sites excluding steroid dienone is 3. The maximum Gasteiger partial charge on any atom is 0.416 e. The number of alkyl halides is 3. The lowest BCUT2D eigenvalue weighted by Crippen LogP contribution is -2.37. The largest absolute Gasteiger partial charge is 0.497 e. The number of carbonyl (C=O) groups excluding carboxylic acids is 2. The van der Waals surface area contributed by atoms with E-state index < -0.39 is 23.6 Å². The van der Waals surface area contributed by atoms with Gasteiger partial charge in [-0.2, -0.15) is 18.4 Å². The number of ketones is 1. The van der Waals surface area contributed by atoms with Crippen LogP contribution in [-0.4, -0.2) is 24.6 Å². The topological polar surface area (TPSA) is 91.2 Å². The van der Waals surface area contributed by atoms with Gasteiger partial charge < -0.3 is 15.4 Å². The van der Waals surface area contributed by atoms with E-state index in [2.05, 4.69) is 16.7 Å². The maximum atomic E-state index is 13.3. The molecule has 1 atom stereocenters. The zero-order valence-corrected chi connectivity index (χ0v) is 21.8. The molecule has 0 fully saturated rings. The molecule has 2 aromatic rings. The van der Waals surface area contributed by atoms with Crippen molar-refractivity contribution in [3.05, 3.63) is 81.5 Å². The molecule has 0 aromatic heterocycles. The summed E-state index contributed by atoms with van der Waals surface area (Å²) in [6.45, 7) is 4.00.